The average Bonchev–Trinajstić information content (AvgIpc) is 3.55. The van der Waals surface area contributed by atoms with Crippen LogP contribution in [0.25, 0.3) is 70.8 Å². The molecule has 0 spiro atoms. The molecule has 0 amide bonds. The number of hydrogen-bond acceptors (Lipinski definition) is 1. The Hall–Kier alpha value is -5.34. The highest BCUT2D eigenvalue weighted by atomic mass is 16.5. The molecule has 0 fully saturated rings. The van der Waals surface area contributed by atoms with Gasteiger partial charge in [0.15, 0.2) is 0 Å². The fraction of sp³-hybridized carbons (Fsp3) is 0.174. The van der Waals surface area contributed by atoms with E-state index in [1.54, 1.807) is 0 Å². The number of hydrogen-bond donors (Lipinski definition) is 0. The Morgan fingerprint density at radius 1 is 0.604 bits per heavy atom. The van der Waals surface area contributed by atoms with E-state index in [4.69, 9.17) is 4.74 Å². The number of nitrogens with zero attached hydrogens (tertiary/aromatic N) is 1. The van der Waals surface area contributed by atoms with Crippen molar-refractivity contribution in [1.29, 1.82) is 0 Å². The summed E-state index contributed by atoms with van der Waals surface area (Å²) in [4.78, 5) is 0. The first kappa shape index (κ1) is 27.7. The fourth-order valence-electron chi connectivity index (χ4n) is 8.30. The smallest absolute Gasteiger partial charge is 0.134 e. The van der Waals surface area contributed by atoms with Crippen LogP contribution in [0.15, 0.2) is 121 Å². The molecule has 232 valence electrons. The van der Waals surface area contributed by atoms with Gasteiger partial charge in [-0.05, 0) is 116 Å². The minimum Gasteiger partial charge on any atom is -0.460 e. The van der Waals surface area contributed by atoms with Gasteiger partial charge in [0.2, 0.25) is 0 Å². The second-order valence-corrected chi connectivity index (χ2v) is 14.6. The highest BCUT2D eigenvalue weighted by molar-refractivity contribution is 6.26. The van der Waals surface area contributed by atoms with Gasteiger partial charge in [-0.15, -0.1) is 0 Å². The molecular weight excluding hydrogens is 583 g/mol. The van der Waals surface area contributed by atoms with Crippen molar-refractivity contribution in [1.82, 2.24) is 4.40 Å². The van der Waals surface area contributed by atoms with Gasteiger partial charge in [-0.3, -0.25) is 0 Å². The number of aromatic nitrogens is 1. The molecule has 1 atom stereocenters. The summed E-state index contributed by atoms with van der Waals surface area (Å²) < 4.78 is 8.93. The van der Waals surface area contributed by atoms with E-state index < -0.39 is 0 Å². The Morgan fingerprint density at radius 2 is 1.21 bits per heavy atom. The molecule has 0 N–H and O–H groups in total. The summed E-state index contributed by atoms with van der Waals surface area (Å²) in [5.41, 5.74) is 11.5. The molecular formula is C46H37NO. The summed E-state index contributed by atoms with van der Waals surface area (Å²) in [5.74, 6) is 3.11. The zero-order valence-corrected chi connectivity index (χ0v) is 28.1. The second kappa shape index (κ2) is 9.84. The molecule has 2 aromatic heterocycles. The van der Waals surface area contributed by atoms with Crippen LogP contribution in [-0.2, 0) is 0 Å². The van der Waals surface area contributed by atoms with Crippen LogP contribution < -0.4 is 4.74 Å². The highest BCUT2D eigenvalue weighted by Crippen LogP contribution is 2.47. The van der Waals surface area contributed by atoms with Gasteiger partial charge in [-0.25, -0.2) is 0 Å². The molecule has 1 aliphatic heterocycles. The number of benzene rings is 6. The topological polar surface area (TPSA) is 13.6 Å². The average molecular weight is 620 g/mol. The molecule has 48 heavy (non-hydrogen) atoms. The van der Waals surface area contributed by atoms with Crippen molar-refractivity contribution in [2.75, 3.05) is 0 Å². The molecule has 0 saturated carbocycles. The van der Waals surface area contributed by atoms with E-state index in [1.165, 1.54) is 93.0 Å². The highest BCUT2D eigenvalue weighted by Gasteiger charge is 2.28. The van der Waals surface area contributed by atoms with Gasteiger partial charge < -0.3 is 9.14 Å². The minimum atomic E-state index is 0.193. The van der Waals surface area contributed by atoms with Crippen LogP contribution in [-0.4, -0.2) is 4.40 Å². The van der Waals surface area contributed by atoms with Gasteiger partial charge in [-0.1, -0.05) is 95.3 Å². The van der Waals surface area contributed by atoms with Crippen LogP contribution in [0.5, 0.6) is 5.75 Å². The lowest BCUT2D eigenvalue weighted by molar-refractivity contribution is 0.372. The Morgan fingerprint density at radius 3 is 1.81 bits per heavy atom. The first-order valence-electron chi connectivity index (χ1n) is 17.4. The SMILES string of the molecule is CC1C2=CC=C(c3cc4c5cc6cc(C(C)C)ccc6cc5n5c6cc7ccc(C(C)C)cc7cc6c(c3)c45)C=C1c1ccccc1O2. The zero-order chi connectivity index (χ0) is 32.4. The van der Waals surface area contributed by atoms with E-state index in [1.807, 2.05) is 0 Å². The monoisotopic (exact) mass is 619 g/mol. The van der Waals surface area contributed by atoms with E-state index >= 15 is 0 Å². The zero-order valence-electron chi connectivity index (χ0n) is 28.1. The molecule has 0 saturated heterocycles. The Bertz CT molecular complexity index is 2630. The third-order valence-corrected chi connectivity index (χ3v) is 11.1. The summed E-state index contributed by atoms with van der Waals surface area (Å²) >= 11 is 0. The molecule has 1 unspecified atom stereocenters. The van der Waals surface area contributed by atoms with Crippen LogP contribution >= 0.6 is 0 Å². The molecule has 2 nitrogen and oxygen atoms in total. The summed E-state index contributed by atoms with van der Waals surface area (Å²) in [7, 11) is 0. The maximum Gasteiger partial charge on any atom is 0.134 e. The molecule has 1 aliphatic carbocycles. The number of allylic oxidation sites excluding steroid dienone is 5. The van der Waals surface area contributed by atoms with Crippen molar-refractivity contribution in [2.24, 2.45) is 5.92 Å². The first-order chi connectivity index (χ1) is 23.3. The quantitative estimate of drug-likeness (QED) is 0.192. The van der Waals surface area contributed by atoms with Crippen LogP contribution in [0.4, 0.5) is 0 Å². The second-order valence-electron chi connectivity index (χ2n) is 14.6. The number of rotatable bonds is 3. The van der Waals surface area contributed by atoms with Gasteiger partial charge in [0, 0.05) is 33.0 Å². The first-order valence-corrected chi connectivity index (χ1v) is 17.4. The maximum absolute atomic E-state index is 6.40. The van der Waals surface area contributed by atoms with Crippen LogP contribution in [0.3, 0.4) is 0 Å². The molecule has 2 heteroatoms. The molecule has 8 aromatic rings. The largest absolute Gasteiger partial charge is 0.460 e. The van der Waals surface area contributed by atoms with Crippen molar-refractivity contribution in [2.45, 2.75) is 46.5 Å². The predicted molar refractivity (Wildman–Crippen MR) is 205 cm³/mol. The Labute approximate surface area is 280 Å². The van der Waals surface area contributed by atoms with Crippen molar-refractivity contribution in [3.05, 3.63) is 143 Å². The lowest BCUT2D eigenvalue weighted by Crippen LogP contribution is -2.14. The third-order valence-electron chi connectivity index (χ3n) is 11.1. The normalized spacial score (nSPS) is 16.3. The molecule has 0 radical (unpaired) electrons. The Balaban J connectivity index is 1.31. The van der Waals surface area contributed by atoms with E-state index in [2.05, 4.69) is 154 Å². The molecule has 3 heterocycles. The Kier molecular flexibility index (Phi) is 5.69. The number of ether oxygens (including phenoxy) is 1. The molecule has 10 rings (SSSR count). The van der Waals surface area contributed by atoms with Crippen molar-refractivity contribution >= 4 is 70.8 Å². The van der Waals surface area contributed by atoms with Gasteiger partial charge in [0.05, 0.1) is 16.6 Å². The van der Waals surface area contributed by atoms with Gasteiger partial charge >= 0.3 is 0 Å². The van der Waals surface area contributed by atoms with E-state index in [9.17, 15) is 0 Å². The van der Waals surface area contributed by atoms with Crippen molar-refractivity contribution in [3.8, 4) is 5.75 Å². The predicted octanol–water partition coefficient (Wildman–Crippen LogP) is 12.8. The molecule has 6 aromatic carbocycles. The van der Waals surface area contributed by atoms with Crippen LogP contribution in [0.1, 0.15) is 68.7 Å². The fourth-order valence-corrected chi connectivity index (χ4v) is 8.30. The maximum atomic E-state index is 6.40. The van der Waals surface area contributed by atoms with E-state index in [-0.39, 0.29) is 5.92 Å². The number of fused-ring (bicyclic) bond motifs is 12. The summed E-state index contributed by atoms with van der Waals surface area (Å²) in [6.45, 7) is 11.4. The summed E-state index contributed by atoms with van der Waals surface area (Å²) in [5, 5.41) is 10.4. The molecule has 2 bridgehead atoms. The van der Waals surface area contributed by atoms with Gasteiger partial charge in [0.1, 0.15) is 11.5 Å². The summed E-state index contributed by atoms with van der Waals surface area (Å²) in [6, 6.07) is 37.0. The van der Waals surface area contributed by atoms with E-state index in [0.29, 0.717) is 11.8 Å². The number of para-hydroxylation sites is 1. The van der Waals surface area contributed by atoms with Crippen LogP contribution in [0, 0.1) is 5.92 Å². The molecule has 2 aliphatic rings. The standard InChI is InChI=1S/C46H37NO/c1-25(2)28-10-12-31-23-42-38(19-33(31)16-28)40-21-35(30-14-15-44-27(5)37(18-30)36-8-6-7-9-45(36)48-44)22-41-39-20-34-17-29(26(3)4)11-13-32(34)24-43(39)47(42)46(40)41/h6-27H,1-5H3. The summed E-state index contributed by atoms with van der Waals surface area (Å²) in [6.07, 6.45) is 6.84. The lowest BCUT2D eigenvalue weighted by atomic mass is 9.88. The van der Waals surface area contributed by atoms with Crippen molar-refractivity contribution in [3.63, 3.8) is 0 Å². The lowest BCUT2D eigenvalue weighted by Gasteiger charge is -2.27. The van der Waals surface area contributed by atoms with Gasteiger partial charge in [0.25, 0.3) is 0 Å². The van der Waals surface area contributed by atoms with Crippen molar-refractivity contribution < 1.29 is 4.74 Å². The van der Waals surface area contributed by atoms with E-state index in [0.717, 1.165) is 11.5 Å². The minimum absolute atomic E-state index is 0.193. The van der Waals surface area contributed by atoms with Gasteiger partial charge in [-0.2, -0.15) is 0 Å². The third kappa shape index (κ3) is 3.86. The van der Waals surface area contributed by atoms with Crippen LogP contribution in [0.2, 0.25) is 0 Å².